The molecule has 0 amide bonds. The van der Waals surface area contributed by atoms with E-state index < -0.39 is 12.3 Å². The molecule has 0 spiro atoms. The minimum absolute atomic E-state index is 0.241. The molecule has 0 aliphatic heterocycles. The van der Waals surface area contributed by atoms with Crippen LogP contribution in [0.1, 0.15) is 20.3 Å². The Morgan fingerprint density at radius 3 is 2.40 bits per heavy atom. The number of hydrogen-bond donors (Lipinski definition) is 2. The zero-order valence-corrected chi connectivity index (χ0v) is 6.05. The Hall–Kier alpha value is -1.06. The molecule has 0 fully saturated rings. The van der Waals surface area contributed by atoms with Crippen LogP contribution in [0.5, 0.6) is 0 Å². The quantitative estimate of drug-likeness (QED) is 0.467. The molecule has 0 aromatic rings. The predicted octanol–water partition coefficient (Wildman–Crippen LogP) is 1.50. The third-order valence-electron chi connectivity index (χ3n) is 1.10. The Kier molecular flexibility index (Phi) is 3.46. The largest absolute Gasteiger partial charge is 0.506 e. The topological polar surface area (TPSA) is 70.4 Å². The van der Waals surface area contributed by atoms with E-state index >= 15 is 0 Å². The smallest absolute Gasteiger partial charge is 0.450 e. The molecule has 10 heavy (non-hydrogen) atoms. The third-order valence-corrected chi connectivity index (χ3v) is 1.10. The van der Waals surface area contributed by atoms with Gasteiger partial charge in [-0.25, -0.2) is 4.79 Å². The minimum Gasteiger partial charge on any atom is -0.450 e. The van der Waals surface area contributed by atoms with Crippen LogP contribution in [0.15, 0.2) is 0 Å². The molecule has 0 aromatic heterocycles. The Morgan fingerprint density at radius 2 is 2.30 bits per heavy atom. The fraction of sp³-hybridized carbons (Fsp3) is 0.667. The van der Waals surface area contributed by atoms with Crippen molar-refractivity contribution in [2.75, 3.05) is 0 Å². The van der Waals surface area contributed by atoms with Gasteiger partial charge in [-0.05, 0) is 13.3 Å². The van der Waals surface area contributed by atoms with Crippen LogP contribution in [0.25, 0.3) is 0 Å². The molecular weight excluding hydrogens is 134 g/mol. The van der Waals surface area contributed by atoms with Crippen molar-refractivity contribution in [3.05, 3.63) is 0 Å². The van der Waals surface area contributed by atoms with Crippen molar-refractivity contribution >= 4 is 11.9 Å². The van der Waals surface area contributed by atoms with Gasteiger partial charge in [0.1, 0.15) is 6.10 Å². The van der Waals surface area contributed by atoms with E-state index in [9.17, 15) is 4.79 Å². The molecule has 0 aliphatic rings. The molecule has 0 radical (unpaired) electrons. The zero-order valence-electron chi connectivity index (χ0n) is 6.05. The van der Waals surface area contributed by atoms with Gasteiger partial charge in [-0.2, -0.15) is 0 Å². The van der Waals surface area contributed by atoms with Crippen molar-refractivity contribution in [3.63, 3.8) is 0 Å². The highest BCUT2D eigenvalue weighted by Gasteiger charge is 2.12. The van der Waals surface area contributed by atoms with Gasteiger partial charge in [-0.3, -0.25) is 0 Å². The number of carboxylic acid groups (broad SMARTS) is 1. The molecule has 58 valence electrons. The van der Waals surface area contributed by atoms with Crippen LogP contribution in [-0.2, 0) is 4.74 Å². The molecule has 2 N–H and O–H groups in total. The Bertz CT molecular complexity index is 144. The predicted molar refractivity (Wildman–Crippen MR) is 36.6 cm³/mol. The van der Waals surface area contributed by atoms with Crippen molar-refractivity contribution < 1.29 is 14.6 Å². The summed E-state index contributed by atoms with van der Waals surface area (Å²) in [5.41, 5.74) is 0.241. The first-order valence-corrected chi connectivity index (χ1v) is 3.02. The highest BCUT2D eigenvalue weighted by molar-refractivity contribution is 5.84. The van der Waals surface area contributed by atoms with Crippen LogP contribution in [0.3, 0.4) is 0 Å². The van der Waals surface area contributed by atoms with Crippen LogP contribution in [-0.4, -0.2) is 23.1 Å². The van der Waals surface area contributed by atoms with Crippen molar-refractivity contribution in [1.82, 2.24) is 0 Å². The first-order chi connectivity index (χ1) is 4.57. The van der Waals surface area contributed by atoms with Crippen molar-refractivity contribution in [2.45, 2.75) is 26.4 Å². The summed E-state index contributed by atoms with van der Waals surface area (Å²) in [6, 6.07) is 0. The molecule has 0 heterocycles. The highest BCUT2D eigenvalue weighted by atomic mass is 16.7. The van der Waals surface area contributed by atoms with Crippen LogP contribution < -0.4 is 0 Å². The molecule has 1 unspecified atom stereocenters. The summed E-state index contributed by atoms with van der Waals surface area (Å²) in [6.45, 7) is 3.29. The molecule has 0 rings (SSSR count). The highest BCUT2D eigenvalue weighted by Crippen LogP contribution is 1.99. The van der Waals surface area contributed by atoms with Crippen molar-refractivity contribution in [1.29, 1.82) is 5.41 Å². The lowest BCUT2D eigenvalue weighted by atomic mass is 10.2. The molecule has 0 aromatic carbocycles. The fourth-order valence-electron chi connectivity index (χ4n) is 0.600. The Balaban J connectivity index is 3.83. The average molecular weight is 145 g/mol. The van der Waals surface area contributed by atoms with Crippen LogP contribution in [0.2, 0.25) is 0 Å². The van der Waals surface area contributed by atoms with E-state index in [0.717, 1.165) is 0 Å². The number of nitrogens with one attached hydrogen (secondary N) is 1. The number of rotatable bonds is 3. The van der Waals surface area contributed by atoms with Gasteiger partial charge < -0.3 is 15.3 Å². The van der Waals surface area contributed by atoms with Crippen molar-refractivity contribution in [2.24, 2.45) is 0 Å². The standard InChI is InChI=1S/C6H11NO3/c1-3-5(4(2)7)10-6(8)9/h5,7H,3H2,1-2H3,(H,8,9). The third kappa shape index (κ3) is 3.06. The first kappa shape index (κ1) is 8.94. The average Bonchev–Trinajstić information content (AvgIpc) is 1.81. The number of ether oxygens (including phenoxy) is 1. The maximum absolute atomic E-state index is 9.95. The zero-order chi connectivity index (χ0) is 8.15. The molecule has 0 saturated carbocycles. The van der Waals surface area contributed by atoms with Gasteiger partial charge in [-0.15, -0.1) is 0 Å². The maximum atomic E-state index is 9.95. The Morgan fingerprint density at radius 1 is 1.80 bits per heavy atom. The summed E-state index contributed by atoms with van der Waals surface area (Å²) in [4.78, 5) is 9.95. The van der Waals surface area contributed by atoms with Gasteiger partial charge in [0.25, 0.3) is 0 Å². The van der Waals surface area contributed by atoms with Gasteiger partial charge in [-0.1, -0.05) is 6.92 Å². The summed E-state index contributed by atoms with van der Waals surface area (Å²) < 4.78 is 4.35. The second-order valence-electron chi connectivity index (χ2n) is 1.96. The van der Waals surface area contributed by atoms with E-state index in [1.54, 1.807) is 6.92 Å². The SMILES string of the molecule is CCC(OC(=O)O)C(C)=N. The molecule has 0 aliphatic carbocycles. The lowest BCUT2D eigenvalue weighted by Crippen LogP contribution is -2.22. The van der Waals surface area contributed by atoms with Gasteiger partial charge in [0.2, 0.25) is 0 Å². The van der Waals surface area contributed by atoms with E-state index in [1.807, 2.05) is 0 Å². The first-order valence-electron chi connectivity index (χ1n) is 3.02. The van der Waals surface area contributed by atoms with E-state index in [4.69, 9.17) is 10.5 Å². The molecule has 4 heteroatoms. The number of hydrogen-bond acceptors (Lipinski definition) is 3. The second kappa shape index (κ2) is 3.87. The van der Waals surface area contributed by atoms with Crippen molar-refractivity contribution in [3.8, 4) is 0 Å². The van der Waals surface area contributed by atoms with Crippen LogP contribution in [0, 0.1) is 5.41 Å². The Labute approximate surface area is 59.3 Å². The van der Waals surface area contributed by atoms with E-state index in [2.05, 4.69) is 4.74 Å². The van der Waals surface area contributed by atoms with E-state index in [1.165, 1.54) is 6.92 Å². The summed E-state index contributed by atoms with van der Waals surface area (Å²) >= 11 is 0. The van der Waals surface area contributed by atoms with Crippen LogP contribution >= 0.6 is 0 Å². The van der Waals surface area contributed by atoms with Gasteiger partial charge >= 0.3 is 6.16 Å². The van der Waals surface area contributed by atoms with Gasteiger partial charge in [0.15, 0.2) is 0 Å². The summed E-state index contributed by atoms with van der Waals surface area (Å²) in [5.74, 6) is 0. The molecule has 1 atom stereocenters. The molecule has 0 bridgehead atoms. The van der Waals surface area contributed by atoms with E-state index in [0.29, 0.717) is 6.42 Å². The van der Waals surface area contributed by atoms with Gasteiger partial charge in [0, 0.05) is 5.71 Å². The fourth-order valence-corrected chi connectivity index (χ4v) is 0.600. The summed E-state index contributed by atoms with van der Waals surface area (Å²) in [7, 11) is 0. The van der Waals surface area contributed by atoms with Crippen LogP contribution in [0.4, 0.5) is 4.79 Å². The number of carbonyl (C=O) groups is 1. The minimum atomic E-state index is -1.32. The molecule has 4 nitrogen and oxygen atoms in total. The lowest BCUT2D eigenvalue weighted by molar-refractivity contribution is 0.0737. The van der Waals surface area contributed by atoms with E-state index in [-0.39, 0.29) is 5.71 Å². The lowest BCUT2D eigenvalue weighted by Gasteiger charge is -2.10. The van der Waals surface area contributed by atoms with Gasteiger partial charge in [0.05, 0.1) is 0 Å². The maximum Gasteiger partial charge on any atom is 0.506 e. The molecule has 0 saturated heterocycles. The monoisotopic (exact) mass is 145 g/mol. The second-order valence-corrected chi connectivity index (χ2v) is 1.96. The molecular formula is C6H11NO3. The summed E-state index contributed by atoms with van der Waals surface area (Å²) in [5, 5.41) is 15.2. The normalized spacial score (nSPS) is 12.2. The summed E-state index contributed by atoms with van der Waals surface area (Å²) in [6.07, 6.45) is -1.38.